The van der Waals surface area contributed by atoms with Crippen molar-refractivity contribution in [2.24, 2.45) is 5.92 Å². The number of piperidine rings is 1. The van der Waals surface area contributed by atoms with E-state index in [-0.39, 0.29) is 5.91 Å². The first kappa shape index (κ1) is 26.0. The number of amides is 1. The van der Waals surface area contributed by atoms with Gasteiger partial charge in [0.1, 0.15) is 5.75 Å². The summed E-state index contributed by atoms with van der Waals surface area (Å²) in [6, 6.07) is 16.4. The van der Waals surface area contributed by atoms with Crippen molar-refractivity contribution >= 4 is 17.8 Å². The van der Waals surface area contributed by atoms with Crippen LogP contribution in [0.3, 0.4) is 0 Å². The van der Waals surface area contributed by atoms with Gasteiger partial charge in [-0.1, -0.05) is 30.3 Å². The summed E-state index contributed by atoms with van der Waals surface area (Å²) in [5.41, 5.74) is 3.41. The van der Waals surface area contributed by atoms with Crippen molar-refractivity contribution in [1.29, 1.82) is 0 Å². The Kier molecular flexibility index (Phi) is 9.43. The highest BCUT2D eigenvalue weighted by atomic mass is 16.5. The first-order chi connectivity index (χ1) is 16.9. The number of carboxylic acid groups (broad SMARTS) is 2. The van der Waals surface area contributed by atoms with Gasteiger partial charge in [0.15, 0.2) is 0 Å². The van der Waals surface area contributed by atoms with E-state index in [1.165, 1.54) is 24.0 Å². The Hall–Kier alpha value is -3.65. The van der Waals surface area contributed by atoms with Gasteiger partial charge < -0.3 is 24.7 Å². The molecule has 0 radical (unpaired) electrons. The van der Waals surface area contributed by atoms with Crippen LogP contribution >= 0.6 is 0 Å². The maximum Gasteiger partial charge on any atom is 0.328 e. The molecule has 2 heterocycles. The van der Waals surface area contributed by atoms with E-state index in [9.17, 15) is 14.4 Å². The average Bonchev–Trinajstić information content (AvgIpc) is 3.18. The molecule has 4 rings (SSSR count). The molecule has 2 aliphatic heterocycles. The predicted octanol–water partition coefficient (Wildman–Crippen LogP) is 3.32. The van der Waals surface area contributed by atoms with E-state index in [0.717, 1.165) is 50.5 Å². The molecular weight excluding hydrogens is 448 g/mol. The number of likely N-dealkylation sites (tertiary alicyclic amines) is 1. The molecule has 0 atom stereocenters. The van der Waals surface area contributed by atoms with Gasteiger partial charge in [0.05, 0.1) is 7.11 Å². The van der Waals surface area contributed by atoms with Gasteiger partial charge in [-0.25, -0.2) is 9.59 Å². The molecule has 0 spiro atoms. The number of rotatable bonds is 8. The van der Waals surface area contributed by atoms with Crippen LogP contribution in [0.2, 0.25) is 0 Å². The molecule has 0 aromatic heterocycles. The summed E-state index contributed by atoms with van der Waals surface area (Å²) in [6.45, 7) is 5.03. The van der Waals surface area contributed by atoms with E-state index in [1.54, 1.807) is 7.11 Å². The van der Waals surface area contributed by atoms with Crippen LogP contribution in [0.5, 0.6) is 5.75 Å². The summed E-state index contributed by atoms with van der Waals surface area (Å²) in [5, 5.41) is 15.6. The van der Waals surface area contributed by atoms with Crippen molar-refractivity contribution in [3.8, 4) is 5.75 Å². The fourth-order valence-electron chi connectivity index (χ4n) is 4.42. The lowest BCUT2D eigenvalue weighted by Crippen LogP contribution is -2.39. The van der Waals surface area contributed by atoms with Crippen molar-refractivity contribution in [1.82, 2.24) is 9.80 Å². The van der Waals surface area contributed by atoms with E-state index in [1.807, 2.05) is 29.2 Å². The van der Waals surface area contributed by atoms with Gasteiger partial charge in [-0.3, -0.25) is 4.79 Å². The SMILES string of the molecule is COc1cccc(CCN2CCC(CN3Cc4ccccc4C3=O)CC2)c1.O=C(O)/C=C/C(=O)O. The van der Waals surface area contributed by atoms with E-state index in [0.29, 0.717) is 18.1 Å². The molecule has 1 saturated heterocycles. The number of hydrogen-bond donors (Lipinski definition) is 2. The highest BCUT2D eigenvalue weighted by molar-refractivity contribution is 5.98. The second-order valence-electron chi connectivity index (χ2n) is 8.74. The Morgan fingerprint density at radius 2 is 1.71 bits per heavy atom. The second kappa shape index (κ2) is 12.7. The molecule has 8 heteroatoms. The zero-order chi connectivity index (χ0) is 25.2. The minimum atomic E-state index is -1.26. The molecule has 1 fully saturated rings. The van der Waals surface area contributed by atoms with E-state index >= 15 is 0 Å². The minimum absolute atomic E-state index is 0.214. The number of nitrogens with zero attached hydrogens (tertiary/aromatic N) is 2. The summed E-state index contributed by atoms with van der Waals surface area (Å²) in [6.07, 6.45) is 4.53. The Balaban J connectivity index is 0.000000371. The fraction of sp³-hybridized carbons (Fsp3) is 0.370. The topological polar surface area (TPSA) is 107 Å². The number of hydrogen-bond acceptors (Lipinski definition) is 5. The van der Waals surface area contributed by atoms with Crippen LogP contribution in [-0.2, 0) is 22.6 Å². The van der Waals surface area contributed by atoms with Gasteiger partial charge in [-0.2, -0.15) is 0 Å². The third kappa shape index (κ3) is 7.96. The highest BCUT2D eigenvalue weighted by Gasteiger charge is 2.30. The van der Waals surface area contributed by atoms with Crippen molar-refractivity contribution < 1.29 is 29.3 Å². The first-order valence-corrected chi connectivity index (χ1v) is 11.7. The number of benzene rings is 2. The number of fused-ring (bicyclic) bond motifs is 1. The highest BCUT2D eigenvalue weighted by Crippen LogP contribution is 2.26. The molecule has 2 aromatic rings. The molecule has 0 unspecified atom stereocenters. The van der Waals surface area contributed by atoms with Gasteiger partial charge in [0.25, 0.3) is 5.91 Å². The van der Waals surface area contributed by atoms with E-state index in [2.05, 4.69) is 29.2 Å². The molecule has 0 bridgehead atoms. The predicted molar refractivity (Wildman–Crippen MR) is 131 cm³/mol. The molecule has 186 valence electrons. The Morgan fingerprint density at radius 1 is 1.03 bits per heavy atom. The average molecular weight is 481 g/mol. The van der Waals surface area contributed by atoms with Crippen molar-refractivity contribution in [2.45, 2.75) is 25.8 Å². The van der Waals surface area contributed by atoms with Gasteiger partial charge in [0, 0.05) is 37.3 Å². The molecule has 2 aromatic carbocycles. The molecule has 0 saturated carbocycles. The molecular formula is C27H32N2O6. The monoisotopic (exact) mass is 480 g/mol. The maximum absolute atomic E-state index is 12.6. The van der Waals surface area contributed by atoms with Crippen molar-refractivity contribution in [2.75, 3.05) is 33.3 Å². The zero-order valence-corrected chi connectivity index (χ0v) is 19.9. The number of carboxylic acids is 2. The zero-order valence-electron chi connectivity index (χ0n) is 19.9. The lowest BCUT2D eigenvalue weighted by atomic mass is 9.96. The Morgan fingerprint density at radius 3 is 2.34 bits per heavy atom. The standard InChI is InChI=1S/C23H28N2O2.C4H4O4/c1-27-21-7-4-5-18(15-21)9-12-24-13-10-19(11-14-24)16-25-17-20-6-2-3-8-22(20)23(25)26;5-3(6)1-2-4(7)8/h2-8,15,19H,9-14,16-17H2,1H3;1-2H,(H,5,6)(H,7,8)/b;2-1+. The summed E-state index contributed by atoms with van der Waals surface area (Å²) in [7, 11) is 1.72. The molecule has 1 amide bonds. The summed E-state index contributed by atoms with van der Waals surface area (Å²) in [5.74, 6) is -0.746. The summed E-state index contributed by atoms with van der Waals surface area (Å²) in [4.78, 5) is 36.3. The normalized spacial score (nSPS) is 16.0. The fourth-order valence-corrected chi connectivity index (χ4v) is 4.42. The lowest BCUT2D eigenvalue weighted by molar-refractivity contribution is -0.134. The molecule has 2 aliphatic rings. The lowest BCUT2D eigenvalue weighted by Gasteiger charge is -2.33. The van der Waals surface area contributed by atoms with E-state index < -0.39 is 11.9 Å². The maximum atomic E-state index is 12.6. The molecule has 0 aliphatic carbocycles. The smallest absolute Gasteiger partial charge is 0.328 e. The molecule has 35 heavy (non-hydrogen) atoms. The quantitative estimate of drug-likeness (QED) is 0.558. The van der Waals surface area contributed by atoms with Gasteiger partial charge >= 0.3 is 11.9 Å². The van der Waals surface area contributed by atoms with Gasteiger partial charge in [-0.15, -0.1) is 0 Å². The summed E-state index contributed by atoms with van der Waals surface area (Å²) < 4.78 is 5.31. The number of carbonyl (C=O) groups is 3. The third-order valence-corrected chi connectivity index (χ3v) is 6.30. The largest absolute Gasteiger partial charge is 0.497 e. The Labute approximate surface area is 205 Å². The molecule has 2 N–H and O–H groups in total. The van der Waals surface area contributed by atoms with Gasteiger partial charge in [0.2, 0.25) is 0 Å². The third-order valence-electron chi connectivity index (χ3n) is 6.30. The van der Waals surface area contributed by atoms with Crippen LogP contribution in [0.25, 0.3) is 0 Å². The molecule has 8 nitrogen and oxygen atoms in total. The second-order valence-corrected chi connectivity index (χ2v) is 8.74. The van der Waals surface area contributed by atoms with Crippen LogP contribution in [0.4, 0.5) is 0 Å². The van der Waals surface area contributed by atoms with Crippen molar-refractivity contribution in [3.63, 3.8) is 0 Å². The first-order valence-electron chi connectivity index (χ1n) is 11.7. The van der Waals surface area contributed by atoms with Crippen LogP contribution in [0.15, 0.2) is 60.7 Å². The van der Waals surface area contributed by atoms with E-state index in [4.69, 9.17) is 14.9 Å². The van der Waals surface area contributed by atoms with Crippen molar-refractivity contribution in [3.05, 3.63) is 77.4 Å². The number of carbonyl (C=O) groups excluding carboxylic acids is 1. The van der Waals surface area contributed by atoms with Crippen LogP contribution < -0.4 is 4.74 Å². The van der Waals surface area contributed by atoms with Gasteiger partial charge in [-0.05, 0) is 67.6 Å². The summed E-state index contributed by atoms with van der Waals surface area (Å²) >= 11 is 0. The van der Waals surface area contributed by atoms with Crippen LogP contribution in [0.1, 0.15) is 34.3 Å². The van der Waals surface area contributed by atoms with Crippen LogP contribution in [0, 0.1) is 5.92 Å². The number of aliphatic carboxylic acids is 2. The van der Waals surface area contributed by atoms with Crippen LogP contribution in [-0.4, -0.2) is 71.1 Å². The number of ether oxygens (including phenoxy) is 1. The number of methoxy groups -OCH3 is 1. The minimum Gasteiger partial charge on any atom is -0.497 e. The Bertz CT molecular complexity index is 1040.